The summed E-state index contributed by atoms with van der Waals surface area (Å²) in [6.45, 7) is 0. The average Bonchev–Trinajstić information content (AvgIpc) is 3.66. The highest BCUT2D eigenvalue weighted by molar-refractivity contribution is 7.14. The first-order chi connectivity index (χ1) is 14.1. The molecule has 148 valence electrons. The number of pyridine rings is 1. The van der Waals surface area contributed by atoms with E-state index >= 15 is 0 Å². The van der Waals surface area contributed by atoms with Crippen molar-refractivity contribution in [3.8, 4) is 21.6 Å². The van der Waals surface area contributed by atoms with Crippen molar-refractivity contribution in [1.29, 1.82) is 0 Å². The number of nitrogens with zero attached hydrogens (tertiary/aromatic N) is 2. The Morgan fingerprint density at radius 1 is 1.14 bits per heavy atom. The molecule has 0 saturated heterocycles. The SMILES string of the molecule is CN(C(=O)OC1CC1)c1ccc(-c2cc(-c3ccnc(C4CC4)c3)cs2)c(Cl)c1. The lowest BCUT2D eigenvalue weighted by molar-refractivity contribution is 0.148. The molecule has 2 saturated carbocycles. The monoisotopic (exact) mass is 424 g/mol. The lowest BCUT2D eigenvalue weighted by atomic mass is 10.1. The minimum absolute atomic E-state index is 0.0813. The van der Waals surface area contributed by atoms with E-state index in [9.17, 15) is 4.79 Å². The molecule has 0 unspecified atom stereocenters. The van der Waals surface area contributed by atoms with Crippen LogP contribution in [0.25, 0.3) is 21.6 Å². The van der Waals surface area contributed by atoms with Crippen LogP contribution in [0.3, 0.4) is 0 Å². The number of aromatic nitrogens is 1. The minimum atomic E-state index is -0.334. The van der Waals surface area contributed by atoms with Gasteiger partial charge in [-0.3, -0.25) is 9.88 Å². The maximum absolute atomic E-state index is 12.2. The predicted octanol–water partition coefficient (Wildman–Crippen LogP) is 6.74. The number of anilines is 1. The van der Waals surface area contributed by atoms with E-state index in [2.05, 4.69) is 28.6 Å². The molecular weight excluding hydrogens is 404 g/mol. The lowest BCUT2D eigenvalue weighted by Crippen LogP contribution is -2.27. The smallest absolute Gasteiger partial charge is 0.414 e. The molecule has 2 fully saturated rings. The van der Waals surface area contributed by atoms with Gasteiger partial charge in [-0.2, -0.15) is 0 Å². The fourth-order valence-corrected chi connectivity index (χ4v) is 4.58. The van der Waals surface area contributed by atoms with E-state index in [-0.39, 0.29) is 12.2 Å². The number of amides is 1. The summed E-state index contributed by atoms with van der Waals surface area (Å²) in [6, 6.07) is 12.1. The Bertz CT molecular complexity index is 1070. The maximum Gasteiger partial charge on any atom is 0.414 e. The van der Waals surface area contributed by atoms with Gasteiger partial charge in [-0.25, -0.2) is 4.79 Å². The number of halogens is 1. The maximum atomic E-state index is 12.2. The summed E-state index contributed by atoms with van der Waals surface area (Å²) >= 11 is 8.25. The van der Waals surface area contributed by atoms with Crippen LogP contribution >= 0.6 is 22.9 Å². The van der Waals surface area contributed by atoms with Crippen molar-refractivity contribution < 1.29 is 9.53 Å². The first-order valence-corrected chi connectivity index (χ1v) is 11.1. The highest BCUT2D eigenvalue weighted by Gasteiger charge is 2.28. The molecule has 2 aromatic heterocycles. The number of hydrogen-bond donors (Lipinski definition) is 0. The average molecular weight is 425 g/mol. The zero-order valence-electron chi connectivity index (χ0n) is 16.1. The molecule has 1 amide bonds. The van der Waals surface area contributed by atoms with Crippen LogP contribution in [-0.2, 0) is 4.74 Å². The Kier molecular flexibility index (Phi) is 4.80. The summed E-state index contributed by atoms with van der Waals surface area (Å²) in [5, 5.41) is 2.78. The van der Waals surface area contributed by atoms with Crippen molar-refractivity contribution in [2.24, 2.45) is 0 Å². The second-order valence-electron chi connectivity index (χ2n) is 7.75. The first-order valence-electron chi connectivity index (χ1n) is 9.87. The largest absolute Gasteiger partial charge is 0.446 e. The van der Waals surface area contributed by atoms with Crippen molar-refractivity contribution in [2.75, 3.05) is 11.9 Å². The number of ether oxygens (including phenoxy) is 1. The molecule has 2 heterocycles. The number of carbonyl (C=O) groups excluding carboxylic acids is 1. The van der Waals surface area contributed by atoms with Gasteiger partial charge < -0.3 is 4.74 Å². The molecule has 2 aliphatic carbocycles. The van der Waals surface area contributed by atoms with Crippen LogP contribution in [0, 0.1) is 0 Å². The fraction of sp³-hybridized carbons (Fsp3) is 0.304. The lowest BCUT2D eigenvalue weighted by Gasteiger charge is -2.18. The van der Waals surface area contributed by atoms with Gasteiger partial charge in [0, 0.05) is 41.0 Å². The third-order valence-electron chi connectivity index (χ3n) is 5.38. The molecule has 0 spiro atoms. The van der Waals surface area contributed by atoms with Crippen molar-refractivity contribution >= 4 is 34.7 Å². The van der Waals surface area contributed by atoms with Gasteiger partial charge in [-0.05, 0) is 78.6 Å². The zero-order valence-corrected chi connectivity index (χ0v) is 17.7. The van der Waals surface area contributed by atoms with Gasteiger partial charge in [0.15, 0.2) is 0 Å². The molecule has 3 aromatic rings. The number of rotatable bonds is 5. The first kappa shape index (κ1) is 18.6. The van der Waals surface area contributed by atoms with Gasteiger partial charge >= 0.3 is 6.09 Å². The van der Waals surface area contributed by atoms with Crippen LogP contribution < -0.4 is 4.90 Å². The summed E-state index contributed by atoms with van der Waals surface area (Å²) in [4.78, 5) is 19.3. The van der Waals surface area contributed by atoms with Crippen molar-refractivity contribution in [1.82, 2.24) is 4.98 Å². The number of carbonyl (C=O) groups is 1. The fourth-order valence-electron chi connectivity index (χ4n) is 3.28. The molecule has 1 aromatic carbocycles. The summed E-state index contributed by atoms with van der Waals surface area (Å²) in [7, 11) is 1.71. The molecular formula is C23H21ClN2O2S. The summed E-state index contributed by atoms with van der Waals surface area (Å²) in [5.74, 6) is 0.638. The molecule has 29 heavy (non-hydrogen) atoms. The van der Waals surface area contributed by atoms with Gasteiger partial charge in [-0.1, -0.05) is 11.6 Å². The zero-order chi connectivity index (χ0) is 20.0. The van der Waals surface area contributed by atoms with Gasteiger partial charge in [0.05, 0.1) is 5.02 Å². The van der Waals surface area contributed by atoms with E-state index in [1.54, 1.807) is 18.4 Å². The molecule has 0 N–H and O–H groups in total. The van der Waals surface area contributed by atoms with Gasteiger partial charge in [-0.15, -0.1) is 11.3 Å². The van der Waals surface area contributed by atoms with Gasteiger partial charge in [0.1, 0.15) is 6.10 Å². The Hall–Kier alpha value is -2.37. The third kappa shape index (κ3) is 4.02. The van der Waals surface area contributed by atoms with Gasteiger partial charge in [0.2, 0.25) is 0 Å². The van der Waals surface area contributed by atoms with Crippen molar-refractivity contribution in [2.45, 2.75) is 37.7 Å². The molecule has 5 rings (SSSR count). The molecule has 2 aliphatic rings. The second-order valence-corrected chi connectivity index (χ2v) is 9.07. The van der Waals surface area contributed by atoms with Crippen LogP contribution in [0.2, 0.25) is 5.02 Å². The standard InChI is InChI=1S/C23H21ClN2O2S/c1-26(23(27)28-18-5-6-18)17-4-7-19(20(24)12-17)22-11-16(13-29-22)15-8-9-25-21(10-15)14-2-3-14/h4,7-14,18H,2-3,5-6H2,1H3. The molecule has 0 bridgehead atoms. The molecule has 0 aliphatic heterocycles. The minimum Gasteiger partial charge on any atom is -0.446 e. The number of benzene rings is 1. The van der Waals surface area contributed by atoms with E-state index in [0.29, 0.717) is 10.9 Å². The van der Waals surface area contributed by atoms with Gasteiger partial charge in [0.25, 0.3) is 0 Å². The van der Waals surface area contributed by atoms with Crippen molar-refractivity contribution in [3.05, 3.63) is 58.7 Å². The summed E-state index contributed by atoms with van der Waals surface area (Å²) in [5.41, 5.74) is 5.26. The summed E-state index contributed by atoms with van der Waals surface area (Å²) < 4.78 is 5.36. The Morgan fingerprint density at radius 2 is 1.97 bits per heavy atom. The van der Waals surface area contributed by atoms with Crippen LogP contribution in [0.15, 0.2) is 48.0 Å². The number of hydrogen-bond acceptors (Lipinski definition) is 4. The van der Waals surface area contributed by atoms with E-state index < -0.39 is 0 Å². The Balaban J connectivity index is 1.37. The van der Waals surface area contributed by atoms with Crippen LogP contribution in [0.5, 0.6) is 0 Å². The molecule has 6 heteroatoms. The van der Waals surface area contributed by atoms with E-state index in [4.69, 9.17) is 16.3 Å². The highest BCUT2D eigenvalue weighted by Crippen LogP contribution is 2.41. The van der Waals surface area contributed by atoms with E-state index in [1.807, 2.05) is 24.4 Å². The number of thiophene rings is 1. The second kappa shape index (κ2) is 7.47. The Morgan fingerprint density at radius 3 is 2.69 bits per heavy atom. The summed E-state index contributed by atoms with van der Waals surface area (Å²) in [6.07, 6.45) is 6.06. The normalized spacial score (nSPS) is 15.9. The molecule has 4 nitrogen and oxygen atoms in total. The van der Waals surface area contributed by atoms with Crippen LogP contribution in [-0.4, -0.2) is 24.2 Å². The topological polar surface area (TPSA) is 42.4 Å². The van der Waals surface area contributed by atoms with Crippen LogP contribution in [0.4, 0.5) is 10.5 Å². The van der Waals surface area contributed by atoms with Crippen molar-refractivity contribution in [3.63, 3.8) is 0 Å². The highest BCUT2D eigenvalue weighted by atomic mass is 35.5. The Labute approximate surface area is 179 Å². The quantitative estimate of drug-likeness (QED) is 0.455. The van der Waals surface area contributed by atoms with E-state index in [0.717, 1.165) is 29.0 Å². The van der Waals surface area contributed by atoms with Crippen LogP contribution in [0.1, 0.15) is 37.3 Å². The molecule has 0 atom stereocenters. The predicted molar refractivity (Wildman–Crippen MR) is 118 cm³/mol. The van der Waals surface area contributed by atoms with E-state index in [1.165, 1.54) is 34.6 Å². The third-order valence-corrected chi connectivity index (χ3v) is 6.66. The molecule has 0 radical (unpaired) electrons.